The molecule has 1 aromatic heterocycles. The number of esters is 1. The third-order valence-corrected chi connectivity index (χ3v) is 4.50. The van der Waals surface area contributed by atoms with Crippen LogP contribution in [0.1, 0.15) is 26.4 Å². The van der Waals surface area contributed by atoms with Crippen LogP contribution in [0.25, 0.3) is 5.69 Å². The smallest absolute Gasteiger partial charge is 0.343 e. The van der Waals surface area contributed by atoms with Crippen molar-refractivity contribution in [2.24, 2.45) is 0 Å². The van der Waals surface area contributed by atoms with Gasteiger partial charge < -0.3 is 9.47 Å². The van der Waals surface area contributed by atoms with E-state index in [1.54, 1.807) is 31.2 Å². The van der Waals surface area contributed by atoms with E-state index in [0.717, 1.165) is 0 Å². The Bertz CT molecular complexity index is 1080. The zero-order valence-corrected chi connectivity index (χ0v) is 17.0. The fourth-order valence-electron chi connectivity index (χ4n) is 2.65. The fourth-order valence-corrected chi connectivity index (χ4v) is 3.00. The molecule has 0 fully saturated rings. The molecule has 0 atom stereocenters. The van der Waals surface area contributed by atoms with Crippen LogP contribution in [-0.4, -0.2) is 41.3 Å². The number of hydrogen-bond acceptors (Lipinski definition) is 6. The number of carbonyl (C=O) groups is 3. The topological polar surface area (TPSA) is 99.5 Å². The van der Waals surface area contributed by atoms with Crippen molar-refractivity contribution in [3.05, 3.63) is 76.6 Å². The largest absolute Gasteiger partial charge is 0.497 e. The summed E-state index contributed by atoms with van der Waals surface area (Å²) in [7, 11) is 1.50. The molecule has 1 heterocycles. The number of hydrogen-bond donors (Lipinski definition) is 1. The zero-order chi connectivity index (χ0) is 21.7. The third-order valence-electron chi connectivity index (χ3n) is 4.15. The molecule has 0 saturated carbocycles. The van der Waals surface area contributed by atoms with Gasteiger partial charge in [0.2, 0.25) is 0 Å². The molecule has 30 heavy (non-hydrogen) atoms. The van der Waals surface area contributed by atoms with Crippen LogP contribution < -0.4 is 10.1 Å². The molecular weight excluding hydrogens is 410 g/mol. The highest BCUT2D eigenvalue weighted by Gasteiger charge is 2.23. The molecular formula is C21H18ClN3O5. The average Bonchev–Trinajstić information content (AvgIpc) is 3.06. The molecule has 0 aliphatic carbocycles. The second-order valence-electron chi connectivity index (χ2n) is 6.18. The SMILES string of the molecule is COc1ccc(C(=O)NC(=O)COC(=O)c2c(C)nn(-c3ccccc3)c2Cl)cc1. The van der Waals surface area contributed by atoms with Gasteiger partial charge >= 0.3 is 5.97 Å². The first-order valence-electron chi connectivity index (χ1n) is 8.86. The van der Waals surface area contributed by atoms with E-state index in [2.05, 4.69) is 10.4 Å². The number of benzene rings is 2. The fraction of sp³-hybridized carbons (Fsp3) is 0.143. The number of para-hydroxylation sites is 1. The van der Waals surface area contributed by atoms with Gasteiger partial charge in [-0.1, -0.05) is 29.8 Å². The summed E-state index contributed by atoms with van der Waals surface area (Å²) in [6.07, 6.45) is 0. The summed E-state index contributed by atoms with van der Waals surface area (Å²) in [6, 6.07) is 15.2. The summed E-state index contributed by atoms with van der Waals surface area (Å²) >= 11 is 6.30. The van der Waals surface area contributed by atoms with Crippen molar-refractivity contribution in [3.8, 4) is 11.4 Å². The van der Waals surface area contributed by atoms with Crippen molar-refractivity contribution in [1.29, 1.82) is 0 Å². The number of nitrogens with zero attached hydrogens (tertiary/aromatic N) is 2. The molecule has 0 saturated heterocycles. The van der Waals surface area contributed by atoms with Crippen LogP contribution in [0.2, 0.25) is 5.15 Å². The van der Waals surface area contributed by atoms with Crippen molar-refractivity contribution in [2.75, 3.05) is 13.7 Å². The predicted octanol–water partition coefficient (Wildman–Crippen LogP) is 2.96. The lowest BCUT2D eigenvalue weighted by Gasteiger charge is -2.07. The van der Waals surface area contributed by atoms with E-state index in [9.17, 15) is 14.4 Å². The van der Waals surface area contributed by atoms with Crippen LogP contribution in [0.15, 0.2) is 54.6 Å². The maximum absolute atomic E-state index is 12.4. The van der Waals surface area contributed by atoms with E-state index < -0.39 is 24.4 Å². The maximum Gasteiger partial charge on any atom is 0.343 e. The van der Waals surface area contributed by atoms with Crippen molar-refractivity contribution < 1.29 is 23.9 Å². The lowest BCUT2D eigenvalue weighted by Crippen LogP contribution is -2.34. The van der Waals surface area contributed by atoms with E-state index in [1.165, 1.54) is 23.9 Å². The van der Waals surface area contributed by atoms with Gasteiger partial charge in [-0.2, -0.15) is 5.10 Å². The number of imide groups is 1. The highest BCUT2D eigenvalue weighted by atomic mass is 35.5. The molecule has 0 spiro atoms. The van der Waals surface area contributed by atoms with Crippen LogP contribution in [0.5, 0.6) is 5.75 Å². The second kappa shape index (κ2) is 9.23. The molecule has 1 N–H and O–H groups in total. The summed E-state index contributed by atoms with van der Waals surface area (Å²) < 4.78 is 11.4. The number of carbonyl (C=O) groups excluding carboxylic acids is 3. The normalized spacial score (nSPS) is 10.4. The molecule has 154 valence electrons. The number of nitrogens with one attached hydrogen (secondary N) is 1. The quantitative estimate of drug-likeness (QED) is 0.607. The Labute approximate surface area is 177 Å². The molecule has 0 radical (unpaired) electrons. The Morgan fingerprint density at radius 1 is 1.07 bits per heavy atom. The lowest BCUT2D eigenvalue weighted by atomic mass is 10.2. The van der Waals surface area contributed by atoms with Crippen molar-refractivity contribution in [2.45, 2.75) is 6.92 Å². The van der Waals surface area contributed by atoms with Crippen LogP contribution in [0.4, 0.5) is 0 Å². The van der Waals surface area contributed by atoms with E-state index >= 15 is 0 Å². The molecule has 3 rings (SSSR count). The van der Waals surface area contributed by atoms with Crippen LogP contribution in [0, 0.1) is 6.92 Å². The Balaban J connectivity index is 1.62. The first-order chi connectivity index (χ1) is 14.4. The van der Waals surface area contributed by atoms with Gasteiger partial charge in [0.25, 0.3) is 11.8 Å². The lowest BCUT2D eigenvalue weighted by molar-refractivity contribution is -0.123. The summed E-state index contributed by atoms with van der Waals surface area (Å²) in [5, 5.41) is 6.47. The summed E-state index contributed by atoms with van der Waals surface area (Å²) in [6.45, 7) is 0.961. The highest BCUT2D eigenvalue weighted by molar-refractivity contribution is 6.33. The maximum atomic E-state index is 12.4. The monoisotopic (exact) mass is 427 g/mol. The van der Waals surface area contributed by atoms with Gasteiger partial charge in [-0.15, -0.1) is 0 Å². The average molecular weight is 428 g/mol. The van der Waals surface area contributed by atoms with Gasteiger partial charge in [0.15, 0.2) is 6.61 Å². The van der Waals surface area contributed by atoms with Gasteiger partial charge in [-0.3, -0.25) is 14.9 Å². The number of aryl methyl sites for hydroxylation is 1. The van der Waals surface area contributed by atoms with E-state index in [4.69, 9.17) is 21.1 Å². The Morgan fingerprint density at radius 2 is 1.73 bits per heavy atom. The minimum absolute atomic E-state index is 0.0507. The number of rotatable bonds is 6. The van der Waals surface area contributed by atoms with Gasteiger partial charge in [-0.25, -0.2) is 9.48 Å². The number of ether oxygens (including phenoxy) is 2. The third kappa shape index (κ3) is 4.66. The molecule has 0 bridgehead atoms. The minimum Gasteiger partial charge on any atom is -0.497 e. The molecule has 3 aromatic rings. The molecule has 2 aromatic carbocycles. The molecule has 2 amide bonds. The second-order valence-corrected chi connectivity index (χ2v) is 6.54. The van der Waals surface area contributed by atoms with Gasteiger partial charge in [-0.05, 0) is 43.3 Å². The number of aromatic nitrogens is 2. The molecule has 0 unspecified atom stereocenters. The number of halogens is 1. The van der Waals surface area contributed by atoms with Gasteiger partial charge in [0.05, 0.1) is 18.5 Å². The number of amides is 2. The summed E-state index contributed by atoms with van der Waals surface area (Å²) in [5.74, 6) is -1.62. The van der Waals surface area contributed by atoms with E-state index in [1.807, 2.05) is 18.2 Å². The van der Waals surface area contributed by atoms with Crippen LogP contribution >= 0.6 is 11.6 Å². The van der Waals surface area contributed by atoms with Crippen LogP contribution in [-0.2, 0) is 9.53 Å². The van der Waals surface area contributed by atoms with E-state index in [-0.39, 0.29) is 16.3 Å². The first-order valence-corrected chi connectivity index (χ1v) is 9.24. The van der Waals surface area contributed by atoms with Crippen molar-refractivity contribution in [1.82, 2.24) is 15.1 Å². The predicted molar refractivity (Wildman–Crippen MR) is 109 cm³/mol. The minimum atomic E-state index is -0.813. The van der Waals surface area contributed by atoms with Gasteiger partial charge in [0.1, 0.15) is 16.5 Å². The highest BCUT2D eigenvalue weighted by Crippen LogP contribution is 2.24. The Morgan fingerprint density at radius 3 is 2.37 bits per heavy atom. The molecule has 8 nitrogen and oxygen atoms in total. The molecule has 0 aliphatic heterocycles. The Hall–Kier alpha value is -3.65. The number of methoxy groups -OCH3 is 1. The van der Waals surface area contributed by atoms with Crippen LogP contribution in [0.3, 0.4) is 0 Å². The van der Waals surface area contributed by atoms with Crippen molar-refractivity contribution >= 4 is 29.4 Å². The molecule has 0 aliphatic rings. The van der Waals surface area contributed by atoms with Crippen molar-refractivity contribution in [3.63, 3.8) is 0 Å². The Kier molecular flexibility index (Phi) is 6.48. The first kappa shape index (κ1) is 21.1. The standard InChI is InChI=1S/C21H18ClN3O5/c1-13-18(19(22)25(24-13)15-6-4-3-5-7-15)21(28)30-12-17(26)23-20(27)14-8-10-16(29-2)11-9-14/h3-11H,12H2,1-2H3,(H,23,26,27). The summed E-state index contributed by atoms with van der Waals surface area (Å²) in [4.78, 5) is 36.5. The summed E-state index contributed by atoms with van der Waals surface area (Å²) in [5.41, 5.74) is 1.34. The zero-order valence-electron chi connectivity index (χ0n) is 16.2. The molecule has 9 heteroatoms. The van der Waals surface area contributed by atoms with Gasteiger partial charge in [0, 0.05) is 5.56 Å². The van der Waals surface area contributed by atoms with E-state index in [0.29, 0.717) is 17.1 Å².